The van der Waals surface area contributed by atoms with Crippen molar-refractivity contribution in [2.24, 2.45) is 23.2 Å². The van der Waals surface area contributed by atoms with Gasteiger partial charge in [0.1, 0.15) is 5.82 Å². The molecule has 2 amide bonds. The van der Waals surface area contributed by atoms with Gasteiger partial charge in [-0.05, 0) is 79.4 Å². The van der Waals surface area contributed by atoms with Crippen molar-refractivity contribution < 1.29 is 14.0 Å². The zero-order chi connectivity index (χ0) is 20.1. The molecule has 1 saturated heterocycles. The highest BCUT2D eigenvalue weighted by Gasteiger charge is 2.62. The molecule has 2 N–H and O–H groups in total. The zero-order valence-electron chi connectivity index (χ0n) is 16.8. The van der Waals surface area contributed by atoms with E-state index >= 15 is 0 Å². The summed E-state index contributed by atoms with van der Waals surface area (Å²) >= 11 is 0. The van der Waals surface area contributed by atoms with E-state index in [-0.39, 0.29) is 17.6 Å². The van der Waals surface area contributed by atoms with Crippen LogP contribution in [0.2, 0.25) is 0 Å². The number of hydrogen-bond donors (Lipinski definition) is 2. The van der Waals surface area contributed by atoms with Gasteiger partial charge in [0.05, 0.1) is 0 Å². The molecule has 4 nitrogen and oxygen atoms in total. The Morgan fingerprint density at radius 2 is 1.97 bits per heavy atom. The molecule has 0 radical (unpaired) electrons. The average Bonchev–Trinajstić information content (AvgIpc) is 3.24. The molecule has 3 fully saturated rings. The fourth-order valence-corrected chi connectivity index (χ4v) is 6.22. The Balaban J connectivity index is 1.15. The highest BCUT2D eigenvalue weighted by Crippen LogP contribution is 2.69. The van der Waals surface area contributed by atoms with Gasteiger partial charge in [-0.25, -0.2) is 4.39 Å². The molecule has 154 valence electrons. The van der Waals surface area contributed by atoms with Gasteiger partial charge in [0.2, 0.25) is 11.8 Å². The van der Waals surface area contributed by atoms with Crippen molar-refractivity contribution >= 4 is 11.8 Å². The number of rotatable bonds is 7. The smallest absolute Gasteiger partial charge is 0.220 e. The zero-order valence-corrected chi connectivity index (χ0v) is 16.8. The van der Waals surface area contributed by atoms with Crippen LogP contribution in [-0.2, 0) is 16.0 Å². The van der Waals surface area contributed by atoms with E-state index in [1.807, 2.05) is 0 Å². The molecule has 0 aromatic heterocycles. The Morgan fingerprint density at radius 3 is 2.62 bits per heavy atom. The molecule has 0 unspecified atom stereocenters. The molecule has 1 heterocycles. The van der Waals surface area contributed by atoms with Crippen LogP contribution in [0.5, 0.6) is 0 Å². The van der Waals surface area contributed by atoms with Gasteiger partial charge in [0.25, 0.3) is 0 Å². The molecule has 3 aliphatic carbocycles. The number of halogens is 1. The number of carbonyl (C=O) groups is 2. The molecular weight excluding hydrogens is 367 g/mol. The lowest BCUT2D eigenvalue weighted by Gasteiger charge is -2.29. The summed E-state index contributed by atoms with van der Waals surface area (Å²) in [4.78, 5) is 24.5. The Kier molecular flexibility index (Phi) is 4.52. The lowest BCUT2D eigenvalue weighted by molar-refractivity contribution is -0.123. The van der Waals surface area contributed by atoms with Crippen LogP contribution in [0.25, 0.3) is 0 Å². The van der Waals surface area contributed by atoms with Crippen molar-refractivity contribution in [2.75, 3.05) is 6.54 Å². The average molecular weight is 397 g/mol. The first-order valence-electron chi connectivity index (χ1n) is 11.0. The fourth-order valence-electron chi connectivity index (χ4n) is 6.22. The third-order valence-corrected chi connectivity index (χ3v) is 7.93. The maximum Gasteiger partial charge on any atom is 0.220 e. The third-order valence-electron chi connectivity index (χ3n) is 7.93. The number of carbonyl (C=O) groups excluding carboxylic acids is 2. The third kappa shape index (κ3) is 3.49. The summed E-state index contributed by atoms with van der Waals surface area (Å²) in [5.74, 6) is 1.82. The summed E-state index contributed by atoms with van der Waals surface area (Å²) in [6.07, 6.45) is 11.6. The van der Waals surface area contributed by atoms with Crippen molar-refractivity contribution in [1.29, 1.82) is 0 Å². The molecule has 29 heavy (non-hydrogen) atoms. The van der Waals surface area contributed by atoms with Crippen molar-refractivity contribution in [2.45, 2.75) is 56.9 Å². The van der Waals surface area contributed by atoms with Crippen molar-refractivity contribution in [3.05, 3.63) is 47.8 Å². The van der Waals surface area contributed by atoms with E-state index in [2.05, 4.69) is 22.8 Å². The highest BCUT2D eigenvalue weighted by molar-refractivity contribution is 5.80. The summed E-state index contributed by atoms with van der Waals surface area (Å²) < 4.78 is 13.2. The second kappa shape index (κ2) is 6.96. The molecule has 1 aromatic rings. The molecule has 1 spiro atoms. The van der Waals surface area contributed by atoms with Crippen LogP contribution in [0, 0.1) is 29.0 Å². The second-order valence-corrected chi connectivity index (χ2v) is 9.68. The SMILES string of the molecule is O=C(CC[C@]1(Cc2ccc(F)cc2)CCC(=O)N1)NC[C@H]1C[C@@H]2C=C[C@@H]1C21CC1. The van der Waals surface area contributed by atoms with Crippen LogP contribution in [0.3, 0.4) is 0 Å². The summed E-state index contributed by atoms with van der Waals surface area (Å²) in [7, 11) is 0. The molecule has 5 heteroatoms. The van der Waals surface area contributed by atoms with Crippen molar-refractivity contribution in [3.63, 3.8) is 0 Å². The predicted molar refractivity (Wildman–Crippen MR) is 108 cm³/mol. The summed E-state index contributed by atoms with van der Waals surface area (Å²) in [5, 5.41) is 6.27. The van der Waals surface area contributed by atoms with E-state index in [9.17, 15) is 14.0 Å². The maximum absolute atomic E-state index is 13.2. The molecule has 2 bridgehead atoms. The van der Waals surface area contributed by atoms with E-state index in [1.165, 1.54) is 31.4 Å². The Morgan fingerprint density at radius 1 is 1.17 bits per heavy atom. The number of allylic oxidation sites excluding steroid dienone is 2. The number of hydrogen-bond acceptors (Lipinski definition) is 2. The molecule has 5 rings (SSSR count). The van der Waals surface area contributed by atoms with E-state index in [4.69, 9.17) is 0 Å². The molecule has 1 aromatic carbocycles. The van der Waals surface area contributed by atoms with Gasteiger partial charge in [-0.15, -0.1) is 0 Å². The highest BCUT2D eigenvalue weighted by atomic mass is 19.1. The number of nitrogens with one attached hydrogen (secondary N) is 2. The largest absolute Gasteiger partial charge is 0.356 e. The maximum atomic E-state index is 13.2. The van der Waals surface area contributed by atoms with Gasteiger partial charge in [-0.1, -0.05) is 24.3 Å². The van der Waals surface area contributed by atoms with Crippen LogP contribution < -0.4 is 10.6 Å². The van der Waals surface area contributed by atoms with Crippen molar-refractivity contribution in [3.8, 4) is 0 Å². The lowest BCUT2D eigenvalue weighted by atomic mass is 9.85. The predicted octanol–water partition coefficient (Wildman–Crippen LogP) is 3.52. The van der Waals surface area contributed by atoms with E-state index in [0.717, 1.165) is 24.4 Å². The minimum absolute atomic E-state index is 0.0380. The monoisotopic (exact) mass is 396 g/mol. The lowest BCUT2D eigenvalue weighted by Crippen LogP contribution is -2.44. The van der Waals surface area contributed by atoms with Crippen LogP contribution in [0.15, 0.2) is 36.4 Å². The summed E-state index contributed by atoms with van der Waals surface area (Å²) in [6, 6.07) is 6.42. The molecule has 2 saturated carbocycles. The minimum atomic E-state index is -0.403. The van der Waals surface area contributed by atoms with Gasteiger partial charge in [0.15, 0.2) is 0 Å². The number of amides is 2. The van der Waals surface area contributed by atoms with E-state index in [1.54, 1.807) is 12.1 Å². The first kappa shape index (κ1) is 18.8. The van der Waals surface area contributed by atoms with Crippen LogP contribution in [0.4, 0.5) is 4.39 Å². The summed E-state index contributed by atoms with van der Waals surface area (Å²) in [6.45, 7) is 0.767. The first-order valence-corrected chi connectivity index (χ1v) is 11.0. The standard InChI is InChI=1S/C24H29FN2O2/c25-19-4-1-16(2-5-19)14-23(10-8-22(29)27-23)9-7-21(28)26-15-17-13-18-3-6-20(17)24(18)11-12-24/h1-6,17-18,20H,7-15H2,(H,26,28)(H,27,29)/t17-,18+,20+,23-/m1/s1. The Bertz CT molecular complexity index is 845. The minimum Gasteiger partial charge on any atom is -0.356 e. The Labute approximate surface area is 171 Å². The van der Waals surface area contributed by atoms with Gasteiger partial charge in [-0.2, -0.15) is 0 Å². The van der Waals surface area contributed by atoms with Gasteiger partial charge < -0.3 is 10.6 Å². The van der Waals surface area contributed by atoms with Crippen LogP contribution in [0.1, 0.15) is 50.5 Å². The molecule has 1 aliphatic heterocycles. The first-order chi connectivity index (χ1) is 14.0. The fraction of sp³-hybridized carbons (Fsp3) is 0.583. The van der Waals surface area contributed by atoms with E-state index in [0.29, 0.717) is 42.9 Å². The topological polar surface area (TPSA) is 58.2 Å². The van der Waals surface area contributed by atoms with Crippen molar-refractivity contribution in [1.82, 2.24) is 10.6 Å². The molecular formula is C24H29FN2O2. The van der Waals surface area contributed by atoms with Gasteiger partial charge in [-0.3, -0.25) is 9.59 Å². The summed E-state index contributed by atoms with van der Waals surface area (Å²) in [5.41, 5.74) is 1.14. The Hall–Kier alpha value is -2.17. The number of benzene rings is 1. The molecule has 4 atom stereocenters. The quantitative estimate of drug-likeness (QED) is 0.693. The van der Waals surface area contributed by atoms with Crippen LogP contribution in [-0.4, -0.2) is 23.9 Å². The normalized spacial score (nSPS) is 33.3. The van der Waals surface area contributed by atoms with E-state index < -0.39 is 5.54 Å². The second-order valence-electron chi connectivity index (χ2n) is 9.68. The molecule has 4 aliphatic rings. The van der Waals surface area contributed by atoms with Crippen LogP contribution >= 0.6 is 0 Å². The van der Waals surface area contributed by atoms with Gasteiger partial charge >= 0.3 is 0 Å². The van der Waals surface area contributed by atoms with Gasteiger partial charge in [0, 0.05) is 24.9 Å².